The molecule has 1 aliphatic heterocycles. The Morgan fingerprint density at radius 2 is 1.44 bits per heavy atom. The second-order valence-corrected chi connectivity index (χ2v) is 25.2. The second-order valence-electron chi connectivity index (χ2n) is 19.4. The number of aromatic nitrogens is 7. The Kier molecular flexibility index (Phi) is 18.1. The van der Waals surface area contributed by atoms with Crippen molar-refractivity contribution in [1.29, 1.82) is 0 Å². The quantitative estimate of drug-likeness (QED) is 0.0618. The molecule has 422 valence electrons. The Bertz CT molecular complexity index is 3620. The number of fused-ring (bicyclic) bond motifs is 14. The van der Waals surface area contributed by atoms with Crippen LogP contribution in [0.25, 0.3) is 43.4 Å². The molecule has 0 saturated heterocycles. The largest absolute Gasteiger partial charge is 0.447 e. The van der Waals surface area contributed by atoms with E-state index in [1.54, 1.807) is 84.8 Å². The van der Waals surface area contributed by atoms with Crippen LogP contribution in [0, 0.1) is 12.8 Å². The molecule has 81 heavy (non-hydrogen) atoms. The number of carbonyl (C=O) groups is 6. The summed E-state index contributed by atoms with van der Waals surface area (Å²) in [4.78, 5) is 117. The zero-order valence-electron chi connectivity index (χ0n) is 44.4. The summed E-state index contributed by atoms with van der Waals surface area (Å²) in [5.74, 6) is -2.89. The molecule has 0 saturated carbocycles. The third kappa shape index (κ3) is 13.9. The summed E-state index contributed by atoms with van der Waals surface area (Å²) >= 11 is 7.17. The highest BCUT2D eigenvalue weighted by Crippen LogP contribution is 2.40. The van der Waals surface area contributed by atoms with Gasteiger partial charge in [-0.05, 0) is 44.4 Å². The lowest BCUT2D eigenvalue weighted by molar-refractivity contribution is -0.122. The number of anilines is 1. The molecule has 9 rings (SSSR count). The van der Waals surface area contributed by atoms with E-state index >= 15 is 0 Å². The fourth-order valence-corrected chi connectivity index (χ4v) is 13.5. The zero-order valence-corrected chi connectivity index (χ0v) is 49.3. The smallest absolute Gasteiger partial charge is 0.412 e. The summed E-state index contributed by atoms with van der Waals surface area (Å²) in [5.41, 5.74) is 7.97. The van der Waals surface area contributed by atoms with Crippen molar-refractivity contribution in [2.75, 3.05) is 32.6 Å². The summed E-state index contributed by atoms with van der Waals surface area (Å²) in [7, 11) is 2.94. The minimum atomic E-state index is -1.27. The van der Waals surface area contributed by atoms with Gasteiger partial charge in [0.2, 0.25) is 11.8 Å². The number of aliphatic hydroxyl groups excluding tert-OH is 1. The molecule has 6 amide bonds. The van der Waals surface area contributed by atoms with E-state index in [0.717, 1.165) is 11.3 Å². The zero-order chi connectivity index (χ0) is 57.7. The maximum Gasteiger partial charge on any atom is 0.412 e. The number of aryl methyl sites for hydroxylation is 1. The van der Waals surface area contributed by atoms with Gasteiger partial charge in [-0.25, -0.2) is 39.7 Å². The first-order valence-electron chi connectivity index (χ1n) is 24.9. The molecule has 0 unspecified atom stereocenters. The highest BCUT2D eigenvalue weighted by molar-refractivity contribution is 7.15. The van der Waals surface area contributed by atoms with Crippen LogP contribution in [-0.2, 0) is 25.7 Å². The summed E-state index contributed by atoms with van der Waals surface area (Å²) in [6, 6.07) is 9.50. The number of pyridine rings is 1. The van der Waals surface area contributed by atoms with E-state index in [-0.39, 0.29) is 48.5 Å². The first-order chi connectivity index (χ1) is 38.7. The van der Waals surface area contributed by atoms with Crippen molar-refractivity contribution >= 4 is 109 Å². The molecule has 0 aliphatic carbocycles. The van der Waals surface area contributed by atoms with Crippen molar-refractivity contribution in [1.82, 2.24) is 61.5 Å². The standard InChI is InChI=1S/C52H54N14O9S6/c1-23(2)36-50-66-39(32(81-50)17-74-7)43(71)55-16-35(68)63-40(41(69)25-11-9-8-10-12-25)49-60-31(20-78-49)47-58-29(18-77-47)38-26(13-14-27(56-38)46-61-33(21-79-46)62-51(73)75-22-52(4,5)53)45-59-30(19-76-45)42(70)57-28(15-34(67)54-6)48-65-37(24(3)80-48)44(72)64-36/h8-14,18-21,23,28,36,40-41,69H,15-17,22,53H2,1-7H3,(H,54,67)(H,55,71)(H,57,70)(H,62,73)(H,63,68)(H,64,72)/t28-,36+,40-,41-/m0/s1. The minimum Gasteiger partial charge on any atom is -0.447 e. The van der Waals surface area contributed by atoms with Crippen LogP contribution in [-0.4, -0.2) is 108 Å². The third-order valence-corrected chi connectivity index (χ3v) is 17.8. The predicted octanol–water partition coefficient (Wildman–Crippen LogP) is 7.60. The fraction of sp³-hybridized carbons (Fsp3) is 0.327. The number of thiazole rings is 6. The number of methoxy groups -OCH3 is 1. The topological polar surface area (TPSA) is 330 Å². The van der Waals surface area contributed by atoms with Gasteiger partial charge in [-0.3, -0.25) is 29.3 Å². The van der Waals surface area contributed by atoms with E-state index in [1.165, 1.54) is 70.8 Å². The van der Waals surface area contributed by atoms with E-state index in [2.05, 4.69) is 46.9 Å². The number of amides is 6. The summed E-state index contributed by atoms with van der Waals surface area (Å²) < 4.78 is 10.7. The van der Waals surface area contributed by atoms with Gasteiger partial charge < -0.3 is 46.9 Å². The predicted molar refractivity (Wildman–Crippen MR) is 310 cm³/mol. The van der Waals surface area contributed by atoms with Crippen molar-refractivity contribution < 1.29 is 43.3 Å². The number of nitrogens with two attached hydrogens (primary N) is 1. The van der Waals surface area contributed by atoms with Crippen LogP contribution in [0.5, 0.6) is 0 Å². The SMILES string of the molecule is CNC(=O)C[C@@H]1NC(=O)c2csc(n2)-c2ccc(-c3nc(NC(=O)OCC(C)(C)N)cs3)nc2-c2csc(n2)-c2csc(n2)[C@H]([C@@H](O)c2ccccc2)NC(=O)CNC(=O)c2nc(sc2COC)[C@@H](C(C)C)NC(=O)c2nc1sc2C. The molecule has 0 radical (unpaired) electrons. The van der Waals surface area contributed by atoms with Crippen molar-refractivity contribution in [2.24, 2.45) is 11.7 Å². The number of nitrogens with zero attached hydrogens (tertiary/aromatic N) is 7. The molecule has 10 bridgehead atoms. The first kappa shape index (κ1) is 58.3. The van der Waals surface area contributed by atoms with E-state index < -0.39 is 71.9 Å². The Morgan fingerprint density at radius 1 is 0.741 bits per heavy atom. The Hall–Kier alpha value is -7.35. The first-order valence-corrected chi connectivity index (χ1v) is 30.1. The summed E-state index contributed by atoms with van der Waals surface area (Å²) in [6.07, 6.45) is -2.22. The van der Waals surface area contributed by atoms with Crippen LogP contribution in [0.1, 0.15) is 120 Å². The van der Waals surface area contributed by atoms with Crippen molar-refractivity contribution in [3.05, 3.63) is 111 Å². The monoisotopic (exact) mass is 1210 g/mol. The van der Waals surface area contributed by atoms with E-state index in [9.17, 15) is 33.9 Å². The van der Waals surface area contributed by atoms with Crippen molar-refractivity contribution in [3.8, 4) is 43.4 Å². The Morgan fingerprint density at radius 3 is 2.19 bits per heavy atom. The number of aliphatic hydroxyl groups is 1. The van der Waals surface area contributed by atoms with E-state index in [4.69, 9.17) is 35.1 Å². The van der Waals surface area contributed by atoms with Gasteiger partial charge in [-0.15, -0.1) is 68.0 Å². The molecular formula is C52H54N14O9S6. The molecule has 8 heterocycles. The number of benzene rings is 1. The average Bonchev–Trinajstić information content (AvgIpc) is 4.34. The van der Waals surface area contributed by atoms with Gasteiger partial charge in [-0.2, -0.15) is 0 Å². The maximum absolute atomic E-state index is 14.3. The van der Waals surface area contributed by atoms with Crippen LogP contribution >= 0.6 is 68.0 Å². The van der Waals surface area contributed by atoms with Crippen LogP contribution in [0.4, 0.5) is 10.6 Å². The van der Waals surface area contributed by atoms with Gasteiger partial charge in [0.1, 0.15) is 88.8 Å². The highest BCUT2D eigenvalue weighted by Gasteiger charge is 2.33. The maximum atomic E-state index is 14.3. The number of hydrogen-bond donors (Lipinski definition) is 8. The van der Waals surface area contributed by atoms with Gasteiger partial charge in [0.25, 0.3) is 17.7 Å². The number of rotatable bonds is 11. The third-order valence-electron chi connectivity index (χ3n) is 12.1. The second kappa shape index (κ2) is 25.2. The molecule has 7 aromatic heterocycles. The lowest BCUT2D eigenvalue weighted by Crippen LogP contribution is -2.40. The number of hydrogen-bond acceptors (Lipinski definition) is 23. The van der Waals surface area contributed by atoms with Crippen LogP contribution < -0.4 is 37.6 Å². The molecule has 0 fully saturated rings. The lowest BCUT2D eigenvalue weighted by atomic mass is 10.0. The molecular weight excluding hydrogens is 1160 g/mol. The van der Waals surface area contributed by atoms with Crippen molar-refractivity contribution in [2.45, 2.75) is 77.4 Å². The number of ether oxygens (including phenoxy) is 2. The molecule has 1 aromatic carbocycles. The molecule has 4 atom stereocenters. The highest BCUT2D eigenvalue weighted by atomic mass is 32.1. The normalized spacial score (nSPS) is 16.6. The van der Waals surface area contributed by atoms with Gasteiger partial charge in [-0.1, -0.05) is 44.2 Å². The Balaban J connectivity index is 1.12. The molecule has 0 spiro atoms. The van der Waals surface area contributed by atoms with Crippen LogP contribution in [0.15, 0.2) is 64.0 Å². The summed E-state index contributed by atoms with van der Waals surface area (Å²) in [6.45, 7) is 8.40. The molecule has 9 N–H and O–H groups in total. The van der Waals surface area contributed by atoms with Crippen LogP contribution in [0.2, 0.25) is 0 Å². The molecule has 8 aromatic rings. The molecule has 23 nitrogen and oxygen atoms in total. The number of carbonyl (C=O) groups excluding carboxylic acids is 6. The van der Waals surface area contributed by atoms with Crippen LogP contribution in [0.3, 0.4) is 0 Å². The Labute approximate surface area is 487 Å². The minimum absolute atomic E-state index is 0.000157. The number of nitrogens with one attached hydrogen (secondary N) is 6. The van der Waals surface area contributed by atoms with Gasteiger partial charge in [0.05, 0.1) is 42.2 Å². The molecule has 29 heteroatoms. The molecule has 1 aliphatic rings. The van der Waals surface area contributed by atoms with E-state index in [1.807, 2.05) is 13.8 Å². The van der Waals surface area contributed by atoms with Gasteiger partial charge in [0.15, 0.2) is 0 Å². The van der Waals surface area contributed by atoms with E-state index in [0.29, 0.717) is 73.7 Å². The average molecular weight is 1210 g/mol. The fourth-order valence-electron chi connectivity index (χ4n) is 8.03. The van der Waals surface area contributed by atoms with Gasteiger partial charge in [0, 0.05) is 51.7 Å². The summed E-state index contributed by atoms with van der Waals surface area (Å²) in [5, 5.41) is 37.7. The van der Waals surface area contributed by atoms with Crippen molar-refractivity contribution in [3.63, 3.8) is 0 Å². The van der Waals surface area contributed by atoms with Gasteiger partial charge >= 0.3 is 6.09 Å². The lowest BCUT2D eigenvalue weighted by Gasteiger charge is -2.23.